The summed E-state index contributed by atoms with van der Waals surface area (Å²) >= 11 is 0. The minimum atomic E-state index is -2.13. The number of aromatic hydroxyl groups is 1. The minimum absolute atomic E-state index is 0.0360. The lowest BCUT2D eigenvalue weighted by Gasteiger charge is -2.46. The number of hydrogen-bond donors (Lipinski definition) is 4. The van der Waals surface area contributed by atoms with E-state index in [1.54, 1.807) is 24.3 Å². The van der Waals surface area contributed by atoms with E-state index in [9.17, 15) is 24.8 Å². The number of cyclic esters (lactones) is 1. The fourth-order valence-corrected chi connectivity index (χ4v) is 9.11. The number of morpholine rings is 1. The van der Waals surface area contributed by atoms with Gasteiger partial charge in [0.05, 0.1) is 35.2 Å². The Morgan fingerprint density at radius 1 is 0.891 bits per heavy atom. The first kappa shape index (κ1) is 42.4. The molecule has 2 fully saturated rings. The molecule has 6 atom stereocenters. The highest BCUT2D eigenvalue weighted by molar-refractivity contribution is 6.23. The first-order chi connectivity index (χ1) is 30.9. The Bertz CT molecular complexity index is 2720. The van der Waals surface area contributed by atoms with Crippen LogP contribution < -0.4 is 21.3 Å². The predicted molar refractivity (Wildman–Crippen MR) is 231 cm³/mol. The van der Waals surface area contributed by atoms with Crippen LogP contribution in [0.5, 0.6) is 5.75 Å². The van der Waals surface area contributed by atoms with Gasteiger partial charge in [-0.3, -0.25) is 29.4 Å². The molecule has 5 aromatic rings. The Hall–Kier alpha value is -8.29. The number of anilines is 1. The van der Waals surface area contributed by atoms with E-state index >= 15 is 14.4 Å². The van der Waals surface area contributed by atoms with Crippen LogP contribution in [0.3, 0.4) is 0 Å². The number of nitro groups is 1. The summed E-state index contributed by atoms with van der Waals surface area (Å²) in [5.41, 5.74) is 5.58. The fourth-order valence-electron chi connectivity index (χ4n) is 9.11. The number of carbonyl (C=O) groups excluding carboxylic acids is 5. The molecule has 5 aromatic carbocycles. The SMILES string of the molecule is C=CCNC(=O)[C@H]1[C@@H]2C(=O)O[C@@H](c3ccccc3)[C@@H](c3ccccc3)N2[C@@H](c2ccc(O)cc2)[C@]12C(=O)N(C(=O)OCc1ccc([N+](=O)[O-])cc1)c1ccc(C#CCNC(N)=O)cc12. The number of fused-ring (bicyclic) bond motifs is 3. The van der Waals surface area contributed by atoms with E-state index in [0.29, 0.717) is 27.8 Å². The molecule has 5 amide bonds. The molecule has 3 aliphatic rings. The van der Waals surface area contributed by atoms with Crippen LogP contribution >= 0.6 is 0 Å². The van der Waals surface area contributed by atoms with Crippen molar-refractivity contribution in [2.24, 2.45) is 11.7 Å². The number of imide groups is 1. The number of phenolic OH excluding ortho intramolecular Hbond substituents is 1. The number of esters is 1. The highest BCUT2D eigenvalue weighted by atomic mass is 16.6. The van der Waals surface area contributed by atoms with Crippen LogP contribution in [0, 0.1) is 27.9 Å². The molecule has 0 radical (unpaired) electrons. The van der Waals surface area contributed by atoms with Crippen molar-refractivity contribution in [1.29, 1.82) is 0 Å². The topological polar surface area (TPSA) is 224 Å². The van der Waals surface area contributed by atoms with Crippen molar-refractivity contribution in [3.63, 3.8) is 0 Å². The molecule has 64 heavy (non-hydrogen) atoms. The molecule has 16 nitrogen and oxygen atoms in total. The molecule has 3 aliphatic heterocycles. The number of urea groups is 1. The number of nitro benzene ring substituents is 1. The summed E-state index contributed by atoms with van der Waals surface area (Å²) in [5.74, 6) is 1.67. The molecule has 0 aliphatic carbocycles. The van der Waals surface area contributed by atoms with Crippen molar-refractivity contribution in [1.82, 2.24) is 15.5 Å². The average Bonchev–Trinajstić information content (AvgIpc) is 3.76. The van der Waals surface area contributed by atoms with Gasteiger partial charge in [-0.15, -0.1) is 6.58 Å². The minimum Gasteiger partial charge on any atom is -0.508 e. The van der Waals surface area contributed by atoms with Gasteiger partial charge in [-0.05, 0) is 70.3 Å². The normalized spacial score (nSPS) is 22.0. The van der Waals surface area contributed by atoms with E-state index in [4.69, 9.17) is 15.2 Å². The van der Waals surface area contributed by atoms with Crippen molar-refractivity contribution in [2.45, 2.75) is 36.3 Å². The number of nitrogens with one attached hydrogen (secondary N) is 2. The Morgan fingerprint density at radius 2 is 1.56 bits per heavy atom. The van der Waals surface area contributed by atoms with Crippen LogP contribution in [0.25, 0.3) is 0 Å². The standard InChI is InChI=1S/C48H40N6O10/c1-2-25-50-43(56)38-40-44(57)64-41(32-13-7-4-8-14-32)39(31-11-5-3-6-12-31)53(40)42(33-18-22-35(55)23-19-33)48(38)36-27-29(10-9-26-51-46(49)59)17-24-37(36)52(45(48)58)47(60)63-28-30-15-20-34(21-16-30)54(61)62/h2-8,11-24,27,38-42,55H,1,25-26,28H2,(H,50,56)(H3,49,51,59)/t38-,39-,40-,41+,42+,48-/m1/s1. The van der Waals surface area contributed by atoms with E-state index in [0.717, 1.165) is 4.90 Å². The highest BCUT2D eigenvalue weighted by Gasteiger charge is 2.75. The third-order valence-electron chi connectivity index (χ3n) is 11.6. The molecule has 0 aromatic heterocycles. The van der Waals surface area contributed by atoms with Gasteiger partial charge in [0, 0.05) is 24.2 Å². The Balaban J connectivity index is 1.39. The van der Waals surface area contributed by atoms with E-state index in [1.165, 1.54) is 48.5 Å². The number of nitrogens with zero attached hydrogens (tertiary/aromatic N) is 3. The number of nitrogens with two attached hydrogens (primary N) is 1. The van der Waals surface area contributed by atoms with Crippen LogP contribution in [0.1, 0.15) is 51.6 Å². The molecule has 16 heteroatoms. The maximum atomic E-state index is 16.1. The zero-order chi connectivity index (χ0) is 45.1. The lowest BCUT2D eigenvalue weighted by Crippen LogP contribution is -2.55. The Kier molecular flexibility index (Phi) is 11.7. The molecular weight excluding hydrogens is 821 g/mol. The van der Waals surface area contributed by atoms with Crippen LogP contribution in [0.4, 0.5) is 21.0 Å². The van der Waals surface area contributed by atoms with Crippen LogP contribution in [-0.2, 0) is 35.9 Å². The zero-order valence-corrected chi connectivity index (χ0v) is 34.0. The molecule has 3 heterocycles. The van der Waals surface area contributed by atoms with Gasteiger partial charge >= 0.3 is 18.1 Å². The smallest absolute Gasteiger partial charge is 0.421 e. The molecular formula is C48H40N6O10. The van der Waals surface area contributed by atoms with Gasteiger partial charge < -0.3 is 30.9 Å². The molecule has 1 spiro atoms. The number of primary amides is 1. The number of carbonyl (C=O) groups is 5. The number of ether oxygens (including phenoxy) is 2. The van der Waals surface area contributed by atoms with E-state index in [1.807, 2.05) is 65.6 Å². The van der Waals surface area contributed by atoms with E-state index < -0.39 is 70.4 Å². The number of rotatable bonds is 10. The molecule has 5 N–H and O–H groups in total. The lowest BCUT2D eigenvalue weighted by molar-refractivity contribution is -0.384. The average molecular weight is 861 g/mol. The Morgan fingerprint density at radius 3 is 2.20 bits per heavy atom. The number of non-ortho nitro benzene ring substituents is 1. The summed E-state index contributed by atoms with van der Waals surface area (Å²) in [5, 5.41) is 27.1. The van der Waals surface area contributed by atoms with Crippen molar-refractivity contribution >= 4 is 41.3 Å². The quantitative estimate of drug-likeness (QED) is 0.0443. The molecule has 0 bridgehead atoms. The molecule has 8 rings (SSSR count). The van der Waals surface area contributed by atoms with Gasteiger partial charge in [0.25, 0.3) is 5.69 Å². The van der Waals surface area contributed by atoms with E-state index in [-0.39, 0.29) is 42.4 Å². The van der Waals surface area contributed by atoms with Crippen molar-refractivity contribution in [3.05, 3.63) is 184 Å². The van der Waals surface area contributed by atoms with Crippen LogP contribution in [-0.4, -0.2) is 64.0 Å². The van der Waals surface area contributed by atoms with Crippen molar-refractivity contribution < 1.29 is 43.5 Å². The lowest BCUT2D eigenvalue weighted by atomic mass is 9.65. The van der Waals surface area contributed by atoms with Gasteiger partial charge in [0.1, 0.15) is 29.9 Å². The van der Waals surface area contributed by atoms with Crippen molar-refractivity contribution in [3.8, 4) is 17.6 Å². The van der Waals surface area contributed by atoms with Gasteiger partial charge in [-0.2, -0.15) is 0 Å². The number of phenols is 1. The zero-order valence-electron chi connectivity index (χ0n) is 34.0. The second-order valence-electron chi connectivity index (χ2n) is 15.3. The largest absolute Gasteiger partial charge is 0.508 e. The second kappa shape index (κ2) is 17.6. The molecule has 0 unspecified atom stereocenters. The summed E-state index contributed by atoms with van der Waals surface area (Å²) in [6, 6.07) is 30.0. The molecule has 0 saturated carbocycles. The number of amides is 5. The number of benzene rings is 5. The summed E-state index contributed by atoms with van der Waals surface area (Å²) in [6.45, 7) is 3.19. The summed E-state index contributed by atoms with van der Waals surface area (Å²) in [6.07, 6.45) is -0.644. The summed E-state index contributed by atoms with van der Waals surface area (Å²) < 4.78 is 12.2. The first-order valence-electron chi connectivity index (χ1n) is 20.1. The Labute approximate surface area is 366 Å². The van der Waals surface area contributed by atoms with Crippen LogP contribution in [0.15, 0.2) is 140 Å². The predicted octanol–water partition coefficient (Wildman–Crippen LogP) is 5.62. The van der Waals surface area contributed by atoms with Crippen molar-refractivity contribution in [2.75, 3.05) is 18.0 Å². The number of hydrogen-bond acceptors (Lipinski definition) is 11. The molecule has 322 valence electrons. The van der Waals surface area contributed by atoms with Gasteiger partial charge in [-0.1, -0.05) is 90.7 Å². The third-order valence-corrected chi connectivity index (χ3v) is 11.6. The fraction of sp³-hybridized carbons (Fsp3) is 0.188. The highest BCUT2D eigenvalue weighted by Crippen LogP contribution is 2.66. The van der Waals surface area contributed by atoms with Gasteiger partial charge in [0.2, 0.25) is 11.8 Å². The third kappa shape index (κ3) is 7.54. The van der Waals surface area contributed by atoms with E-state index in [2.05, 4.69) is 29.1 Å². The summed E-state index contributed by atoms with van der Waals surface area (Å²) in [7, 11) is 0. The van der Waals surface area contributed by atoms with Gasteiger partial charge in [0.15, 0.2) is 0 Å². The summed E-state index contributed by atoms with van der Waals surface area (Å²) in [4.78, 5) is 85.6. The molecule has 2 saturated heterocycles. The van der Waals surface area contributed by atoms with Gasteiger partial charge in [-0.25, -0.2) is 14.5 Å². The maximum Gasteiger partial charge on any atom is 0.421 e. The maximum absolute atomic E-state index is 16.1. The second-order valence-corrected chi connectivity index (χ2v) is 15.3. The first-order valence-corrected chi connectivity index (χ1v) is 20.1. The monoisotopic (exact) mass is 860 g/mol. The van der Waals surface area contributed by atoms with Crippen LogP contribution in [0.2, 0.25) is 0 Å².